The first kappa shape index (κ1) is 15.4. The minimum absolute atomic E-state index is 0.455. The van der Waals surface area contributed by atoms with Gasteiger partial charge >= 0.3 is 4.70 Å². The highest BCUT2D eigenvalue weighted by Gasteiger charge is 2.12. The molecule has 1 N–H and O–H groups in total. The zero-order chi connectivity index (χ0) is 13.2. The molecule has 0 saturated carbocycles. The number of carbonyl (C=O) groups excluding carboxylic acids is 1. The van der Waals surface area contributed by atoms with Crippen LogP contribution in [0.5, 0.6) is 0 Å². The molecule has 0 radical (unpaired) electrons. The van der Waals surface area contributed by atoms with Crippen LogP contribution in [0.3, 0.4) is 0 Å². The summed E-state index contributed by atoms with van der Waals surface area (Å²) in [4.78, 5) is 8.98. The van der Waals surface area contributed by atoms with Crippen LogP contribution < -0.4 is 5.32 Å². The van der Waals surface area contributed by atoms with Crippen molar-refractivity contribution in [3.63, 3.8) is 0 Å². The van der Waals surface area contributed by atoms with Gasteiger partial charge in [-0.05, 0) is 54.7 Å². The SMILES string of the molecule is O=C(Cl)Cl.c1ccc(COC2CCNCC2)cc1. The van der Waals surface area contributed by atoms with Crippen LogP contribution in [0, 0.1) is 0 Å². The Bertz CT molecular complexity index is 336. The minimum atomic E-state index is -0.889. The molecular formula is C13H17Cl2NO2. The Labute approximate surface area is 117 Å². The van der Waals surface area contributed by atoms with Gasteiger partial charge in [-0.1, -0.05) is 30.3 Å². The van der Waals surface area contributed by atoms with E-state index in [4.69, 9.17) is 9.53 Å². The maximum absolute atomic E-state index is 8.98. The summed E-state index contributed by atoms with van der Waals surface area (Å²) in [6.07, 6.45) is 2.75. The third kappa shape index (κ3) is 7.67. The molecular weight excluding hydrogens is 273 g/mol. The van der Waals surface area contributed by atoms with Crippen molar-refractivity contribution in [2.75, 3.05) is 13.1 Å². The van der Waals surface area contributed by atoms with Gasteiger partial charge in [0, 0.05) is 0 Å². The van der Waals surface area contributed by atoms with Crippen LogP contribution in [0.1, 0.15) is 18.4 Å². The van der Waals surface area contributed by atoms with Crippen LogP contribution in [0.25, 0.3) is 0 Å². The molecule has 0 atom stereocenters. The molecule has 1 aliphatic heterocycles. The lowest BCUT2D eigenvalue weighted by Gasteiger charge is -2.22. The van der Waals surface area contributed by atoms with Crippen molar-refractivity contribution in [1.82, 2.24) is 5.32 Å². The summed E-state index contributed by atoms with van der Waals surface area (Å²) in [6.45, 7) is 2.95. The molecule has 0 bridgehead atoms. The summed E-state index contributed by atoms with van der Waals surface area (Å²) in [5, 5.41) is 3.33. The Hall–Kier alpha value is -0.610. The third-order valence-corrected chi connectivity index (χ3v) is 2.61. The molecule has 0 spiro atoms. The predicted molar refractivity (Wildman–Crippen MR) is 74.2 cm³/mol. The van der Waals surface area contributed by atoms with E-state index < -0.39 is 4.70 Å². The topological polar surface area (TPSA) is 38.3 Å². The zero-order valence-corrected chi connectivity index (χ0v) is 11.6. The number of hydrogen-bond acceptors (Lipinski definition) is 3. The fraction of sp³-hybridized carbons (Fsp3) is 0.462. The molecule has 1 fully saturated rings. The lowest BCUT2D eigenvalue weighted by molar-refractivity contribution is 0.0212. The van der Waals surface area contributed by atoms with Gasteiger partial charge < -0.3 is 10.1 Å². The fourth-order valence-corrected chi connectivity index (χ4v) is 1.75. The van der Waals surface area contributed by atoms with Crippen molar-refractivity contribution in [1.29, 1.82) is 0 Å². The van der Waals surface area contributed by atoms with Crippen LogP contribution in [0.2, 0.25) is 0 Å². The predicted octanol–water partition coefficient (Wildman–Crippen LogP) is 3.54. The quantitative estimate of drug-likeness (QED) is 0.865. The number of piperidine rings is 1. The van der Waals surface area contributed by atoms with E-state index in [1.54, 1.807) is 0 Å². The Morgan fingerprint density at radius 1 is 1.22 bits per heavy atom. The standard InChI is InChI=1S/C12H17NO.CCl2O/c1-2-4-11(5-3-1)10-14-12-6-8-13-9-7-12;2-1(3)4/h1-5,12-13H,6-10H2;. The summed E-state index contributed by atoms with van der Waals surface area (Å²) in [6, 6.07) is 10.4. The fourth-order valence-electron chi connectivity index (χ4n) is 1.75. The van der Waals surface area contributed by atoms with Crippen LogP contribution >= 0.6 is 23.2 Å². The van der Waals surface area contributed by atoms with Crippen molar-refractivity contribution in [2.24, 2.45) is 0 Å². The monoisotopic (exact) mass is 289 g/mol. The average Bonchev–Trinajstić information content (AvgIpc) is 2.38. The van der Waals surface area contributed by atoms with Gasteiger partial charge in [-0.2, -0.15) is 0 Å². The Kier molecular flexibility index (Phi) is 8.01. The van der Waals surface area contributed by atoms with Gasteiger partial charge in [0.25, 0.3) is 0 Å². The molecule has 0 amide bonds. The Morgan fingerprint density at radius 3 is 2.33 bits per heavy atom. The van der Waals surface area contributed by atoms with Gasteiger partial charge in [-0.25, -0.2) is 0 Å². The number of hydrogen-bond donors (Lipinski definition) is 1. The Balaban J connectivity index is 0.000000357. The van der Waals surface area contributed by atoms with E-state index in [2.05, 4.69) is 52.8 Å². The number of carbonyl (C=O) groups is 1. The minimum Gasteiger partial charge on any atom is -0.373 e. The highest BCUT2D eigenvalue weighted by Crippen LogP contribution is 2.10. The van der Waals surface area contributed by atoms with Gasteiger partial charge in [0.05, 0.1) is 12.7 Å². The lowest BCUT2D eigenvalue weighted by Crippen LogP contribution is -2.32. The third-order valence-electron chi connectivity index (χ3n) is 2.61. The highest BCUT2D eigenvalue weighted by atomic mass is 35.5. The summed E-state index contributed by atoms with van der Waals surface area (Å²) >= 11 is 8.80. The first-order chi connectivity index (χ1) is 8.68. The number of benzene rings is 1. The summed E-state index contributed by atoms with van der Waals surface area (Å²) in [7, 11) is 0. The highest BCUT2D eigenvalue weighted by molar-refractivity contribution is 6.93. The lowest BCUT2D eigenvalue weighted by atomic mass is 10.1. The smallest absolute Gasteiger partial charge is 0.313 e. The molecule has 5 heteroatoms. The molecule has 3 nitrogen and oxygen atoms in total. The van der Waals surface area contributed by atoms with Gasteiger partial charge in [-0.3, -0.25) is 4.79 Å². The van der Waals surface area contributed by atoms with E-state index >= 15 is 0 Å². The summed E-state index contributed by atoms with van der Waals surface area (Å²) in [5.41, 5.74) is 1.27. The number of rotatable bonds is 3. The second-order valence-corrected chi connectivity index (χ2v) is 4.85. The molecule has 100 valence electrons. The largest absolute Gasteiger partial charge is 0.373 e. The van der Waals surface area contributed by atoms with Crippen LogP contribution in [-0.2, 0) is 11.3 Å². The maximum Gasteiger partial charge on any atom is 0.313 e. The maximum atomic E-state index is 8.98. The van der Waals surface area contributed by atoms with Gasteiger partial charge in [0.2, 0.25) is 0 Å². The second kappa shape index (κ2) is 9.34. The van der Waals surface area contributed by atoms with E-state index in [1.165, 1.54) is 5.56 Å². The van der Waals surface area contributed by atoms with E-state index in [0.29, 0.717) is 6.10 Å². The molecule has 0 aromatic heterocycles. The van der Waals surface area contributed by atoms with Crippen molar-refractivity contribution in [2.45, 2.75) is 25.6 Å². The Morgan fingerprint density at radius 2 is 1.78 bits per heavy atom. The zero-order valence-electron chi connectivity index (χ0n) is 10.1. The van der Waals surface area contributed by atoms with Crippen LogP contribution in [-0.4, -0.2) is 23.9 Å². The molecule has 1 saturated heterocycles. The summed E-state index contributed by atoms with van der Waals surface area (Å²) in [5.74, 6) is 0. The summed E-state index contributed by atoms with van der Waals surface area (Å²) < 4.78 is 4.94. The van der Waals surface area contributed by atoms with Crippen molar-refractivity contribution in [3.8, 4) is 0 Å². The van der Waals surface area contributed by atoms with E-state index in [1.807, 2.05) is 6.07 Å². The molecule has 18 heavy (non-hydrogen) atoms. The molecule has 1 aromatic rings. The number of ether oxygens (including phenoxy) is 1. The van der Waals surface area contributed by atoms with Crippen LogP contribution in [0.4, 0.5) is 4.79 Å². The van der Waals surface area contributed by atoms with Crippen molar-refractivity contribution in [3.05, 3.63) is 35.9 Å². The number of nitrogens with one attached hydrogen (secondary N) is 1. The average molecular weight is 290 g/mol. The van der Waals surface area contributed by atoms with Crippen molar-refractivity contribution < 1.29 is 9.53 Å². The normalized spacial score (nSPS) is 15.7. The van der Waals surface area contributed by atoms with Crippen molar-refractivity contribution >= 4 is 27.9 Å². The number of halogens is 2. The molecule has 2 rings (SSSR count). The second-order valence-electron chi connectivity index (χ2n) is 3.97. The van der Waals surface area contributed by atoms with Gasteiger partial charge in [0.1, 0.15) is 0 Å². The van der Waals surface area contributed by atoms with Gasteiger partial charge in [0.15, 0.2) is 0 Å². The van der Waals surface area contributed by atoms with E-state index in [0.717, 1.165) is 32.5 Å². The molecule has 1 aliphatic rings. The molecule has 1 heterocycles. The first-order valence-corrected chi connectivity index (χ1v) is 6.65. The first-order valence-electron chi connectivity index (χ1n) is 5.89. The van der Waals surface area contributed by atoms with Gasteiger partial charge in [-0.15, -0.1) is 0 Å². The van der Waals surface area contributed by atoms with E-state index in [9.17, 15) is 0 Å². The van der Waals surface area contributed by atoms with Crippen LogP contribution in [0.15, 0.2) is 30.3 Å². The van der Waals surface area contributed by atoms with E-state index in [-0.39, 0.29) is 0 Å². The molecule has 1 aromatic carbocycles. The molecule has 0 unspecified atom stereocenters. The molecule has 0 aliphatic carbocycles.